The molecule has 0 saturated heterocycles. The summed E-state index contributed by atoms with van der Waals surface area (Å²) in [4.78, 5) is 12.5. The maximum atomic E-state index is 13.1. The fourth-order valence-corrected chi connectivity index (χ4v) is 4.37. The lowest BCUT2D eigenvalue weighted by molar-refractivity contribution is -0.113. The molecule has 4 aromatic rings. The van der Waals surface area contributed by atoms with Gasteiger partial charge < -0.3 is 10.1 Å². The third-order valence-electron chi connectivity index (χ3n) is 5.51. The van der Waals surface area contributed by atoms with E-state index in [0.717, 1.165) is 17.0 Å². The van der Waals surface area contributed by atoms with Gasteiger partial charge in [-0.2, -0.15) is 0 Å². The molecule has 0 atom stereocenters. The van der Waals surface area contributed by atoms with Crippen LogP contribution in [0.3, 0.4) is 0 Å². The number of rotatable bonds is 8. The van der Waals surface area contributed by atoms with Crippen molar-refractivity contribution in [3.8, 4) is 22.8 Å². The molecular weight excluding hydrogens is 475 g/mol. The Morgan fingerprint density at radius 3 is 2.25 bits per heavy atom. The zero-order chi connectivity index (χ0) is 25.7. The van der Waals surface area contributed by atoms with Gasteiger partial charge in [-0.15, -0.1) is 10.2 Å². The Hall–Kier alpha value is -3.65. The van der Waals surface area contributed by atoms with Crippen molar-refractivity contribution in [2.75, 3.05) is 17.7 Å². The van der Waals surface area contributed by atoms with Crippen LogP contribution < -0.4 is 10.1 Å². The van der Waals surface area contributed by atoms with Gasteiger partial charge in [0.2, 0.25) is 5.91 Å². The Balaban J connectivity index is 1.62. The van der Waals surface area contributed by atoms with Crippen LogP contribution in [0.5, 0.6) is 5.75 Å². The molecule has 0 radical (unpaired) electrons. The zero-order valence-corrected chi connectivity index (χ0v) is 21.6. The minimum Gasteiger partial charge on any atom is -0.494 e. The van der Waals surface area contributed by atoms with Crippen molar-refractivity contribution in [2.45, 2.75) is 38.3 Å². The second-order valence-electron chi connectivity index (χ2n) is 9.24. The van der Waals surface area contributed by atoms with Gasteiger partial charge in [0.05, 0.1) is 12.4 Å². The van der Waals surface area contributed by atoms with E-state index < -0.39 is 0 Å². The number of halogens is 1. The molecule has 0 aliphatic heterocycles. The molecule has 1 N–H and O–H groups in total. The smallest absolute Gasteiger partial charge is 0.234 e. The van der Waals surface area contributed by atoms with Crippen LogP contribution in [0.1, 0.15) is 33.3 Å². The lowest BCUT2D eigenvalue weighted by atomic mass is 9.87. The molecule has 0 spiro atoms. The maximum absolute atomic E-state index is 13.1. The number of carbonyl (C=O) groups excluding carboxylic acids is 1. The Labute approximate surface area is 214 Å². The highest BCUT2D eigenvalue weighted by atomic mass is 32.2. The summed E-state index contributed by atoms with van der Waals surface area (Å²) in [5, 5.41) is 12.2. The summed E-state index contributed by atoms with van der Waals surface area (Å²) in [5.74, 6) is 1.01. The number of anilines is 1. The van der Waals surface area contributed by atoms with E-state index in [1.54, 1.807) is 0 Å². The summed E-state index contributed by atoms with van der Waals surface area (Å²) >= 11 is 1.28. The molecule has 6 nitrogen and oxygen atoms in total. The first-order chi connectivity index (χ1) is 17.2. The summed E-state index contributed by atoms with van der Waals surface area (Å²) in [6.45, 7) is 9.06. The van der Waals surface area contributed by atoms with Crippen LogP contribution >= 0.6 is 11.8 Å². The SMILES string of the molecule is CCOc1ccc(-n2c(SCC(=O)Nc3ccc(F)cc3)nnc2-c2ccc(C(C)(C)C)cc2)cc1. The summed E-state index contributed by atoms with van der Waals surface area (Å²) in [6.07, 6.45) is 0. The van der Waals surface area contributed by atoms with Gasteiger partial charge in [0.25, 0.3) is 0 Å². The van der Waals surface area contributed by atoms with E-state index in [0.29, 0.717) is 23.3 Å². The second-order valence-corrected chi connectivity index (χ2v) is 10.2. The molecule has 0 bridgehead atoms. The molecule has 3 aromatic carbocycles. The molecule has 1 amide bonds. The number of hydrogen-bond donors (Lipinski definition) is 1. The van der Waals surface area contributed by atoms with Crippen molar-refractivity contribution in [2.24, 2.45) is 0 Å². The monoisotopic (exact) mass is 504 g/mol. The van der Waals surface area contributed by atoms with Gasteiger partial charge in [-0.25, -0.2) is 4.39 Å². The topological polar surface area (TPSA) is 69.0 Å². The van der Waals surface area contributed by atoms with Crippen molar-refractivity contribution in [1.29, 1.82) is 0 Å². The van der Waals surface area contributed by atoms with Gasteiger partial charge in [-0.05, 0) is 66.4 Å². The molecular formula is C28H29FN4O2S. The first-order valence-corrected chi connectivity index (χ1v) is 12.7. The fourth-order valence-electron chi connectivity index (χ4n) is 3.62. The van der Waals surface area contributed by atoms with Crippen molar-refractivity contribution in [3.05, 3.63) is 84.2 Å². The molecule has 1 aromatic heterocycles. The number of carbonyl (C=O) groups is 1. The zero-order valence-electron chi connectivity index (χ0n) is 20.8. The molecule has 0 aliphatic rings. The lowest BCUT2D eigenvalue weighted by Crippen LogP contribution is -2.14. The Morgan fingerprint density at radius 1 is 0.972 bits per heavy atom. The standard InChI is InChI=1S/C28H29FN4O2S/c1-5-35-24-16-14-23(15-17-24)33-26(19-6-8-20(9-7-19)28(2,3)4)31-32-27(33)36-18-25(34)30-22-12-10-21(29)11-13-22/h6-17H,5,18H2,1-4H3,(H,30,34). The van der Waals surface area contributed by atoms with E-state index in [-0.39, 0.29) is 22.9 Å². The third kappa shape index (κ3) is 6.12. The first kappa shape index (κ1) is 25.4. The van der Waals surface area contributed by atoms with E-state index in [1.807, 2.05) is 47.9 Å². The highest BCUT2D eigenvalue weighted by molar-refractivity contribution is 7.99. The van der Waals surface area contributed by atoms with Crippen LogP contribution in [-0.4, -0.2) is 33.0 Å². The van der Waals surface area contributed by atoms with Crippen molar-refractivity contribution >= 4 is 23.4 Å². The van der Waals surface area contributed by atoms with Crippen molar-refractivity contribution < 1.29 is 13.9 Å². The summed E-state index contributed by atoms with van der Waals surface area (Å²) in [5.41, 5.74) is 3.59. The number of nitrogens with zero attached hydrogens (tertiary/aromatic N) is 3. The third-order valence-corrected chi connectivity index (χ3v) is 6.44. The molecule has 8 heteroatoms. The summed E-state index contributed by atoms with van der Waals surface area (Å²) < 4.78 is 20.7. The van der Waals surface area contributed by atoms with E-state index in [1.165, 1.54) is 41.6 Å². The van der Waals surface area contributed by atoms with Gasteiger partial charge in [-0.1, -0.05) is 56.8 Å². The molecule has 186 valence electrons. The Morgan fingerprint density at radius 2 is 1.64 bits per heavy atom. The van der Waals surface area contributed by atoms with Gasteiger partial charge in [0.15, 0.2) is 11.0 Å². The van der Waals surface area contributed by atoms with Crippen LogP contribution in [0.2, 0.25) is 0 Å². The van der Waals surface area contributed by atoms with E-state index in [2.05, 4.69) is 48.4 Å². The predicted molar refractivity (Wildman–Crippen MR) is 142 cm³/mol. The van der Waals surface area contributed by atoms with E-state index in [9.17, 15) is 9.18 Å². The minimum absolute atomic E-state index is 0.0419. The molecule has 4 rings (SSSR count). The number of thioether (sulfide) groups is 1. The molecule has 36 heavy (non-hydrogen) atoms. The summed E-state index contributed by atoms with van der Waals surface area (Å²) in [7, 11) is 0. The highest BCUT2D eigenvalue weighted by Gasteiger charge is 2.19. The highest BCUT2D eigenvalue weighted by Crippen LogP contribution is 2.31. The molecule has 0 unspecified atom stereocenters. The van der Waals surface area contributed by atoms with Crippen LogP contribution in [0, 0.1) is 5.82 Å². The Bertz CT molecular complexity index is 1310. The molecule has 0 aliphatic carbocycles. The number of benzene rings is 3. The van der Waals surface area contributed by atoms with Gasteiger partial charge >= 0.3 is 0 Å². The van der Waals surface area contributed by atoms with Crippen molar-refractivity contribution in [3.63, 3.8) is 0 Å². The summed E-state index contributed by atoms with van der Waals surface area (Å²) in [6, 6.07) is 21.7. The van der Waals surface area contributed by atoms with Crippen molar-refractivity contribution in [1.82, 2.24) is 14.8 Å². The number of amides is 1. The van der Waals surface area contributed by atoms with Gasteiger partial charge in [0, 0.05) is 16.9 Å². The van der Waals surface area contributed by atoms with E-state index >= 15 is 0 Å². The number of hydrogen-bond acceptors (Lipinski definition) is 5. The van der Waals surface area contributed by atoms with Gasteiger partial charge in [-0.3, -0.25) is 9.36 Å². The van der Waals surface area contributed by atoms with Crippen LogP contribution in [0.4, 0.5) is 10.1 Å². The van der Waals surface area contributed by atoms with Crippen LogP contribution in [0.15, 0.2) is 78.0 Å². The minimum atomic E-state index is -0.353. The molecule has 1 heterocycles. The first-order valence-electron chi connectivity index (χ1n) is 11.7. The number of nitrogens with one attached hydrogen (secondary N) is 1. The van der Waals surface area contributed by atoms with E-state index in [4.69, 9.17) is 4.74 Å². The molecule has 0 fully saturated rings. The maximum Gasteiger partial charge on any atom is 0.234 e. The molecule has 0 saturated carbocycles. The quantitative estimate of drug-likeness (QED) is 0.277. The number of ether oxygens (including phenoxy) is 1. The second kappa shape index (κ2) is 11.0. The number of aromatic nitrogens is 3. The Kier molecular flexibility index (Phi) is 7.74. The lowest BCUT2D eigenvalue weighted by Gasteiger charge is -2.19. The van der Waals surface area contributed by atoms with Crippen LogP contribution in [0.25, 0.3) is 17.1 Å². The normalized spacial score (nSPS) is 11.4. The average Bonchev–Trinajstić information content (AvgIpc) is 3.28. The van der Waals surface area contributed by atoms with Crippen LogP contribution in [-0.2, 0) is 10.2 Å². The fraction of sp³-hybridized carbons (Fsp3) is 0.250. The van der Waals surface area contributed by atoms with Gasteiger partial charge in [0.1, 0.15) is 11.6 Å². The average molecular weight is 505 g/mol. The predicted octanol–water partition coefficient (Wildman–Crippen LogP) is 6.50. The largest absolute Gasteiger partial charge is 0.494 e.